The molecule has 2 rings (SSSR count). The lowest BCUT2D eigenvalue weighted by Crippen LogP contribution is -2.15. The highest BCUT2D eigenvalue weighted by molar-refractivity contribution is 9.10. The second kappa shape index (κ2) is 6.02. The SMILES string of the molecule is NC(Cc1ccc(Br)cc1Cl)c1ncccc1Cl. The Balaban J connectivity index is 2.21. The molecule has 1 heterocycles. The third-order valence-electron chi connectivity index (χ3n) is 2.59. The summed E-state index contributed by atoms with van der Waals surface area (Å²) in [6, 6.07) is 9.04. The van der Waals surface area contributed by atoms with Crippen LogP contribution in [0.4, 0.5) is 0 Å². The van der Waals surface area contributed by atoms with Crippen LogP contribution < -0.4 is 5.73 Å². The van der Waals surface area contributed by atoms with Crippen molar-refractivity contribution in [3.63, 3.8) is 0 Å². The van der Waals surface area contributed by atoms with Crippen LogP contribution in [0.15, 0.2) is 41.0 Å². The smallest absolute Gasteiger partial charge is 0.0760 e. The van der Waals surface area contributed by atoms with Crippen LogP contribution in [-0.2, 0) is 6.42 Å². The van der Waals surface area contributed by atoms with Crippen molar-refractivity contribution in [1.29, 1.82) is 0 Å². The Bertz CT molecular complexity index is 560. The highest BCUT2D eigenvalue weighted by Crippen LogP contribution is 2.27. The first-order valence-electron chi connectivity index (χ1n) is 5.38. The lowest BCUT2D eigenvalue weighted by Gasteiger charge is -2.13. The van der Waals surface area contributed by atoms with Crippen LogP contribution in [0.2, 0.25) is 10.0 Å². The molecule has 2 nitrogen and oxygen atoms in total. The fourth-order valence-corrected chi connectivity index (χ4v) is 2.70. The Morgan fingerprint density at radius 2 is 2.00 bits per heavy atom. The van der Waals surface area contributed by atoms with Gasteiger partial charge in [-0.05, 0) is 36.2 Å². The molecular formula is C13H11BrCl2N2. The van der Waals surface area contributed by atoms with Crippen molar-refractivity contribution in [2.75, 3.05) is 0 Å². The minimum Gasteiger partial charge on any atom is -0.322 e. The summed E-state index contributed by atoms with van der Waals surface area (Å²) in [5, 5.41) is 1.27. The molecule has 5 heteroatoms. The van der Waals surface area contributed by atoms with E-state index in [4.69, 9.17) is 28.9 Å². The summed E-state index contributed by atoms with van der Waals surface area (Å²) in [7, 11) is 0. The second-order valence-corrected chi connectivity index (χ2v) is 5.65. The van der Waals surface area contributed by atoms with Gasteiger partial charge in [-0.3, -0.25) is 4.98 Å². The van der Waals surface area contributed by atoms with Crippen molar-refractivity contribution in [3.05, 3.63) is 62.3 Å². The highest BCUT2D eigenvalue weighted by Gasteiger charge is 2.13. The maximum absolute atomic E-state index is 6.16. The molecular weight excluding hydrogens is 335 g/mol. The number of nitrogens with two attached hydrogens (primary N) is 1. The number of benzene rings is 1. The van der Waals surface area contributed by atoms with E-state index in [1.165, 1.54) is 0 Å². The monoisotopic (exact) mass is 344 g/mol. The van der Waals surface area contributed by atoms with Gasteiger partial charge in [-0.2, -0.15) is 0 Å². The average molecular weight is 346 g/mol. The third-order valence-corrected chi connectivity index (χ3v) is 3.76. The summed E-state index contributed by atoms with van der Waals surface area (Å²) in [4.78, 5) is 4.21. The molecule has 0 aliphatic rings. The van der Waals surface area contributed by atoms with Gasteiger partial charge in [-0.25, -0.2) is 0 Å². The first-order valence-corrected chi connectivity index (χ1v) is 6.92. The molecule has 94 valence electrons. The second-order valence-electron chi connectivity index (χ2n) is 3.92. The van der Waals surface area contributed by atoms with Crippen molar-refractivity contribution in [1.82, 2.24) is 4.98 Å². The maximum atomic E-state index is 6.16. The lowest BCUT2D eigenvalue weighted by atomic mass is 10.0. The van der Waals surface area contributed by atoms with Crippen LogP contribution in [0.3, 0.4) is 0 Å². The molecule has 0 fully saturated rings. The van der Waals surface area contributed by atoms with E-state index < -0.39 is 0 Å². The highest BCUT2D eigenvalue weighted by atomic mass is 79.9. The number of rotatable bonds is 3. The molecule has 1 atom stereocenters. The minimum atomic E-state index is -0.266. The van der Waals surface area contributed by atoms with E-state index >= 15 is 0 Å². The first-order chi connectivity index (χ1) is 8.58. The van der Waals surface area contributed by atoms with Crippen molar-refractivity contribution < 1.29 is 0 Å². The van der Waals surface area contributed by atoms with Gasteiger partial charge in [0.15, 0.2) is 0 Å². The molecule has 0 aliphatic carbocycles. The molecule has 0 saturated heterocycles. The number of halogens is 3. The Kier molecular flexibility index (Phi) is 4.62. The van der Waals surface area contributed by atoms with E-state index in [9.17, 15) is 0 Å². The molecule has 0 saturated carbocycles. The standard InChI is InChI=1S/C13H11BrCl2N2/c14-9-4-3-8(11(16)7-9)6-12(17)13-10(15)2-1-5-18-13/h1-5,7,12H,6,17H2. The van der Waals surface area contributed by atoms with Crippen LogP contribution in [-0.4, -0.2) is 4.98 Å². The predicted molar refractivity (Wildman–Crippen MR) is 79.0 cm³/mol. The van der Waals surface area contributed by atoms with Gasteiger partial charge in [-0.15, -0.1) is 0 Å². The number of hydrogen-bond donors (Lipinski definition) is 1. The largest absolute Gasteiger partial charge is 0.322 e. The number of nitrogens with zero attached hydrogens (tertiary/aromatic N) is 1. The van der Waals surface area contributed by atoms with Crippen LogP contribution in [0.5, 0.6) is 0 Å². The number of hydrogen-bond acceptors (Lipinski definition) is 2. The fraction of sp³-hybridized carbons (Fsp3) is 0.154. The maximum Gasteiger partial charge on any atom is 0.0760 e. The van der Waals surface area contributed by atoms with E-state index in [2.05, 4.69) is 20.9 Å². The van der Waals surface area contributed by atoms with Gasteiger partial charge in [0.2, 0.25) is 0 Å². The zero-order valence-electron chi connectivity index (χ0n) is 9.41. The molecule has 1 aromatic carbocycles. The summed E-state index contributed by atoms with van der Waals surface area (Å²) >= 11 is 15.6. The van der Waals surface area contributed by atoms with Gasteiger partial charge in [0, 0.05) is 15.7 Å². The Hall–Kier alpha value is -0.610. The zero-order chi connectivity index (χ0) is 13.1. The van der Waals surface area contributed by atoms with Gasteiger partial charge < -0.3 is 5.73 Å². The van der Waals surface area contributed by atoms with Gasteiger partial charge in [0.05, 0.1) is 16.8 Å². The molecule has 2 N–H and O–H groups in total. The van der Waals surface area contributed by atoms with Gasteiger partial charge in [0.25, 0.3) is 0 Å². The van der Waals surface area contributed by atoms with E-state index in [1.54, 1.807) is 18.3 Å². The molecule has 1 unspecified atom stereocenters. The number of aromatic nitrogens is 1. The van der Waals surface area contributed by atoms with E-state index in [0.717, 1.165) is 10.0 Å². The lowest BCUT2D eigenvalue weighted by molar-refractivity contribution is 0.697. The predicted octanol–water partition coefficient (Wildman–Crippen LogP) is 4.39. The summed E-state index contributed by atoms with van der Waals surface area (Å²) in [6.45, 7) is 0. The van der Waals surface area contributed by atoms with E-state index in [1.807, 2.05) is 18.2 Å². The van der Waals surface area contributed by atoms with Gasteiger partial charge in [0.1, 0.15) is 0 Å². The summed E-state index contributed by atoms with van der Waals surface area (Å²) in [5.41, 5.74) is 7.79. The first kappa shape index (κ1) is 13.8. The van der Waals surface area contributed by atoms with Crippen LogP contribution in [0.1, 0.15) is 17.3 Å². The van der Waals surface area contributed by atoms with Crippen molar-refractivity contribution >= 4 is 39.1 Å². The minimum absolute atomic E-state index is 0.266. The molecule has 0 amide bonds. The normalized spacial score (nSPS) is 12.4. The number of pyridine rings is 1. The van der Waals surface area contributed by atoms with E-state index in [-0.39, 0.29) is 6.04 Å². The quantitative estimate of drug-likeness (QED) is 0.895. The van der Waals surface area contributed by atoms with Crippen molar-refractivity contribution in [2.24, 2.45) is 5.73 Å². The summed E-state index contributed by atoms with van der Waals surface area (Å²) < 4.78 is 0.945. The average Bonchev–Trinajstić information content (AvgIpc) is 2.33. The van der Waals surface area contributed by atoms with Crippen molar-refractivity contribution in [3.8, 4) is 0 Å². The molecule has 0 aliphatic heterocycles. The third kappa shape index (κ3) is 3.23. The molecule has 1 aromatic heterocycles. The zero-order valence-corrected chi connectivity index (χ0v) is 12.5. The summed E-state index contributed by atoms with van der Waals surface area (Å²) in [5.74, 6) is 0. The molecule has 2 aromatic rings. The van der Waals surface area contributed by atoms with Crippen LogP contribution in [0, 0.1) is 0 Å². The van der Waals surface area contributed by atoms with Gasteiger partial charge >= 0.3 is 0 Å². The fourth-order valence-electron chi connectivity index (χ4n) is 1.69. The summed E-state index contributed by atoms with van der Waals surface area (Å²) in [6.07, 6.45) is 2.28. The van der Waals surface area contributed by atoms with E-state index in [0.29, 0.717) is 22.2 Å². The molecule has 0 radical (unpaired) electrons. The van der Waals surface area contributed by atoms with Gasteiger partial charge in [-0.1, -0.05) is 45.2 Å². The topological polar surface area (TPSA) is 38.9 Å². The van der Waals surface area contributed by atoms with Crippen molar-refractivity contribution in [2.45, 2.75) is 12.5 Å². The van der Waals surface area contributed by atoms with Crippen LogP contribution >= 0.6 is 39.1 Å². The van der Waals surface area contributed by atoms with Crippen LogP contribution in [0.25, 0.3) is 0 Å². The Labute approximate surface area is 124 Å². The Morgan fingerprint density at radius 1 is 1.22 bits per heavy atom. The molecule has 18 heavy (non-hydrogen) atoms. The molecule has 0 spiro atoms. The molecule has 0 bridgehead atoms. The Morgan fingerprint density at radius 3 is 2.67 bits per heavy atom.